The van der Waals surface area contributed by atoms with Crippen LogP contribution in [-0.2, 0) is 16.6 Å². The van der Waals surface area contributed by atoms with Crippen molar-refractivity contribution in [2.45, 2.75) is 11.4 Å². The van der Waals surface area contributed by atoms with E-state index in [1.165, 1.54) is 20.6 Å². The zero-order chi connectivity index (χ0) is 18.9. The van der Waals surface area contributed by atoms with Gasteiger partial charge in [-0.2, -0.15) is 4.31 Å². The summed E-state index contributed by atoms with van der Waals surface area (Å²) in [6, 6.07) is 21.3. The number of nitrogens with zero attached hydrogens (tertiary/aromatic N) is 2. The zero-order valence-electron chi connectivity index (χ0n) is 14.9. The third-order valence-corrected chi connectivity index (χ3v) is 7.46. The van der Waals surface area contributed by atoms with Crippen molar-refractivity contribution in [3.63, 3.8) is 0 Å². The molecule has 0 radical (unpaired) electrons. The number of sulfonamides is 1. The lowest BCUT2D eigenvalue weighted by atomic mass is 10.0. The number of benzene rings is 3. The Kier molecular flexibility index (Phi) is 5.19. The highest BCUT2D eigenvalue weighted by Crippen LogP contribution is 2.26. The standard InChI is InChI=1S/C21H21ClN2O2S/c22-20-10-3-4-11-21(20)27(25,26)24-14-12-23(13-15-24)16-18-8-5-7-17-6-1-2-9-19(17)18/h1-11H,12-16H2. The van der Waals surface area contributed by atoms with Crippen molar-refractivity contribution in [2.24, 2.45) is 0 Å². The molecular weight excluding hydrogens is 380 g/mol. The van der Waals surface area contributed by atoms with Gasteiger partial charge >= 0.3 is 0 Å². The van der Waals surface area contributed by atoms with Crippen LogP contribution in [0.2, 0.25) is 5.02 Å². The Morgan fingerprint density at radius 3 is 2.26 bits per heavy atom. The Balaban J connectivity index is 1.47. The fraction of sp³-hybridized carbons (Fsp3) is 0.238. The van der Waals surface area contributed by atoms with Crippen LogP contribution in [0.15, 0.2) is 71.6 Å². The highest BCUT2D eigenvalue weighted by molar-refractivity contribution is 7.89. The van der Waals surface area contributed by atoms with E-state index in [9.17, 15) is 8.42 Å². The van der Waals surface area contributed by atoms with Crippen molar-refractivity contribution in [3.8, 4) is 0 Å². The van der Waals surface area contributed by atoms with Crippen molar-refractivity contribution >= 4 is 32.4 Å². The second-order valence-electron chi connectivity index (χ2n) is 6.75. The number of rotatable bonds is 4. The molecule has 1 saturated heterocycles. The van der Waals surface area contributed by atoms with Gasteiger partial charge in [0.25, 0.3) is 0 Å². The molecule has 0 spiro atoms. The monoisotopic (exact) mass is 400 g/mol. The van der Waals surface area contributed by atoms with Crippen LogP contribution in [0.25, 0.3) is 10.8 Å². The van der Waals surface area contributed by atoms with Crippen molar-refractivity contribution in [1.29, 1.82) is 0 Å². The van der Waals surface area contributed by atoms with E-state index in [0.29, 0.717) is 26.2 Å². The summed E-state index contributed by atoms with van der Waals surface area (Å²) in [7, 11) is -3.55. The first-order chi connectivity index (χ1) is 13.1. The molecule has 1 aliphatic rings. The summed E-state index contributed by atoms with van der Waals surface area (Å²) in [5.41, 5.74) is 1.27. The van der Waals surface area contributed by atoms with Crippen LogP contribution in [0.1, 0.15) is 5.56 Å². The first-order valence-corrected chi connectivity index (χ1v) is 10.8. The van der Waals surface area contributed by atoms with E-state index in [2.05, 4.69) is 41.3 Å². The fourth-order valence-corrected chi connectivity index (χ4v) is 5.51. The molecule has 0 aromatic heterocycles. The highest BCUT2D eigenvalue weighted by Gasteiger charge is 2.29. The lowest BCUT2D eigenvalue weighted by Gasteiger charge is -2.34. The average molecular weight is 401 g/mol. The van der Waals surface area contributed by atoms with E-state index < -0.39 is 10.0 Å². The third kappa shape index (κ3) is 3.73. The van der Waals surface area contributed by atoms with Crippen molar-refractivity contribution in [1.82, 2.24) is 9.21 Å². The molecule has 0 atom stereocenters. The Morgan fingerprint density at radius 1 is 0.815 bits per heavy atom. The maximum absolute atomic E-state index is 12.9. The number of piperazine rings is 1. The Hall–Kier alpha value is -1.92. The zero-order valence-corrected chi connectivity index (χ0v) is 16.5. The van der Waals surface area contributed by atoms with E-state index in [0.717, 1.165) is 6.54 Å². The summed E-state index contributed by atoms with van der Waals surface area (Å²) in [6.07, 6.45) is 0. The second-order valence-corrected chi connectivity index (χ2v) is 9.06. The summed E-state index contributed by atoms with van der Waals surface area (Å²) in [6.45, 7) is 3.16. The first-order valence-electron chi connectivity index (χ1n) is 8.99. The molecule has 0 N–H and O–H groups in total. The van der Waals surface area contributed by atoms with Gasteiger partial charge in [0, 0.05) is 32.7 Å². The Labute approximate surface area is 165 Å². The number of hydrogen-bond donors (Lipinski definition) is 0. The van der Waals surface area contributed by atoms with Crippen LogP contribution in [0.4, 0.5) is 0 Å². The minimum absolute atomic E-state index is 0.189. The van der Waals surface area contributed by atoms with E-state index in [-0.39, 0.29) is 9.92 Å². The van der Waals surface area contributed by atoms with Crippen molar-refractivity contribution in [2.75, 3.05) is 26.2 Å². The molecule has 4 rings (SSSR count). The molecule has 0 amide bonds. The van der Waals surface area contributed by atoms with E-state index in [1.807, 2.05) is 6.07 Å². The largest absolute Gasteiger partial charge is 0.296 e. The summed E-state index contributed by atoms with van der Waals surface area (Å²) in [4.78, 5) is 2.49. The molecule has 3 aromatic carbocycles. The molecule has 1 aliphatic heterocycles. The molecule has 3 aromatic rings. The van der Waals surface area contributed by atoms with Gasteiger partial charge in [-0.15, -0.1) is 0 Å². The van der Waals surface area contributed by atoms with Gasteiger partial charge in [0.1, 0.15) is 4.90 Å². The highest BCUT2D eigenvalue weighted by atomic mass is 35.5. The minimum atomic E-state index is -3.55. The molecule has 4 nitrogen and oxygen atoms in total. The summed E-state index contributed by atoms with van der Waals surface area (Å²) < 4.78 is 27.3. The molecule has 0 saturated carbocycles. The topological polar surface area (TPSA) is 40.6 Å². The van der Waals surface area contributed by atoms with Crippen molar-refractivity contribution in [3.05, 3.63) is 77.3 Å². The normalized spacial score (nSPS) is 16.6. The molecule has 0 unspecified atom stereocenters. The van der Waals surface area contributed by atoms with Crippen molar-refractivity contribution < 1.29 is 8.42 Å². The average Bonchev–Trinajstić information content (AvgIpc) is 2.69. The van der Waals surface area contributed by atoms with E-state index in [4.69, 9.17) is 11.6 Å². The third-order valence-electron chi connectivity index (χ3n) is 5.06. The molecule has 1 fully saturated rings. The first kappa shape index (κ1) is 18.4. The van der Waals surface area contributed by atoms with Gasteiger partial charge in [0.05, 0.1) is 5.02 Å². The number of fused-ring (bicyclic) bond motifs is 1. The second kappa shape index (κ2) is 7.60. The van der Waals surface area contributed by atoms with Crippen LogP contribution >= 0.6 is 11.6 Å². The van der Waals surface area contributed by atoms with E-state index in [1.54, 1.807) is 24.3 Å². The van der Waals surface area contributed by atoms with Crippen LogP contribution < -0.4 is 0 Å². The minimum Gasteiger partial charge on any atom is -0.296 e. The van der Waals surface area contributed by atoms with Crippen LogP contribution in [0.5, 0.6) is 0 Å². The summed E-state index contributed by atoms with van der Waals surface area (Å²) in [5.74, 6) is 0. The van der Waals surface area contributed by atoms with Gasteiger partial charge in [0.15, 0.2) is 0 Å². The van der Waals surface area contributed by atoms with Crippen LogP contribution in [-0.4, -0.2) is 43.8 Å². The molecule has 0 bridgehead atoms. The molecule has 6 heteroatoms. The summed E-state index contributed by atoms with van der Waals surface area (Å²) >= 11 is 6.10. The van der Waals surface area contributed by atoms with Gasteiger partial charge in [0.2, 0.25) is 10.0 Å². The number of halogens is 1. The predicted octanol–water partition coefficient (Wildman–Crippen LogP) is 4.00. The molecule has 140 valence electrons. The molecule has 0 aliphatic carbocycles. The molecule has 1 heterocycles. The van der Waals surface area contributed by atoms with Gasteiger partial charge in [-0.25, -0.2) is 8.42 Å². The fourth-order valence-electron chi connectivity index (χ4n) is 3.59. The van der Waals surface area contributed by atoms with Crippen LogP contribution in [0, 0.1) is 0 Å². The van der Waals surface area contributed by atoms with Crippen LogP contribution in [0.3, 0.4) is 0 Å². The maximum Gasteiger partial charge on any atom is 0.244 e. The quantitative estimate of drug-likeness (QED) is 0.664. The summed E-state index contributed by atoms with van der Waals surface area (Å²) in [5, 5.41) is 2.76. The SMILES string of the molecule is O=S(=O)(c1ccccc1Cl)N1CCN(Cc2cccc3ccccc23)CC1. The lowest BCUT2D eigenvalue weighted by Crippen LogP contribution is -2.48. The lowest BCUT2D eigenvalue weighted by molar-refractivity contribution is 0.182. The van der Waals surface area contributed by atoms with Gasteiger partial charge in [-0.1, -0.05) is 66.2 Å². The number of hydrogen-bond acceptors (Lipinski definition) is 3. The predicted molar refractivity (Wildman–Crippen MR) is 109 cm³/mol. The Morgan fingerprint density at radius 2 is 1.48 bits per heavy atom. The van der Waals surface area contributed by atoms with E-state index >= 15 is 0 Å². The molecule has 27 heavy (non-hydrogen) atoms. The molecular formula is C21H21ClN2O2S. The smallest absolute Gasteiger partial charge is 0.244 e. The Bertz CT molecular complexity index is 1060. The van der Waals surface area contributed by atoms with Gasteiger partial charge < -0.3 is 0 Å². The maximum atomic E-state index is 12.9. The van der Waals surface area contributed by atoms with Gasteiger partial charge in [-0.05, 0) is 28.5 Å². The van der Waals surface area contributed by atoms with Gasteiger partial charge in [-0.3, -0.25) is 4.90 Å².